The quantitative estimate of drug-likeness (QED) is 0.452. The zero-order valence-corrected chi connectivity index (χ0v) is 16.1. The van der Waals surface area contributed by atoms with Crippen molar-refractivity contribution in [2.45, 2.75) is 31.7 Å². The fourth-order valence-corrected chi connectivity index (χ4v) is 3.45. The molecular weight excluding hydrogens is 360 g/mol. The third-order valence-corrected chi connectivity index (χ3v) is 4.85. The molecule has 2 aromatic heterocycles. The lowest BCUT2D eigenvalue weighted by atomic mass is 10.1. The highest BCUT2D eigenvalue weighted by Crippen LogP contribution is 2.27. The average Bonchev–Trinajstić information content (AvgIpc) is 3.29. The van der Waals surface area contributed by atoms with Gasteiger partial charge in [-0.2, -0.15) is 4.98 Å². The van der Waals surface area contributed by atoms with Crippen molar-refractivity contribution in [1.29, 1.82) is 0 Å². The van der Waals surface area contributed by atoms with Crippen LogP contribution in [-0.2, 0) is 5.75 Å². The predicted molar refractivity (Wildman–Crippen MR) is 103 cm³/mol. The fraction of sp³-hybridized carbons (Fsp3) is 0.200. The molecule has 0 saturated carbocycles. The second-order valence-electron chi connectivity index (χ2n) is 6.36. The lowest BCUT2D eigenvalue weighted by Crippen LogP contribution is -1.85. The number of aryl methyl sites for hydroxylation is 3. The van der Waals surface area contributed by atoms with E-state index in [0.717, 1.165) is 27.8 Å². The number of rotatable bonds is 5. The van der Waals surface area contributed by atoms with Gasteiger partial charge >= 0.3 is 0 Å². The molecule has 4 rings (SSSR count). The first-order valence-electron chi connectivity index (χ1n) is 8.52. The van der Waals surface area contributed by atoms with Gasteiger partial charge in [0.15, 0.2) is 0 Å². The van der Waals surface area contributed by atoms with E-state index in [0.29, 0.717) is 28.6 Å². The molecule has 0 bridgehead atoms. The Labute approximate surface area is 161 Å². The Morgan fingerprint density at radius 2 is 1.74 bits per heavy atom. The van der Waals surface area contributed by atoms with E-state index in [9.17, 15) is 0 Å². The van der Waals surface area contributed by atoms with Gasteiger partial charge in [0.25, 0.3) is 5.22 Å². The smallest absolute Gasteiger partial charge is 0.277 e. The summed E-state index contributed by atoms with van der Waals surface area (Å²) in [6.45, 7) is 6.11. The number of hydrogen-bond donors (Lipinski definition) is 0. The predicted octanol–water partition coefficient (Wildman–Crippen LogP) is 5.00. The molecule has 0 aliphatic heterocycles. The van der Waals surface area contributed by atoms with E-state index < -0.39 is 0 Å². The zero-order chi connectivity index (χ0) is 18.8. The first kappa shape index (κ1) is 17.5. The van der Waals surface area contributed by atoms with Gasteiger partial charge in [-0.05, 0) is 38.5 Å². The van der Waals surface area contributed by atoms with Crippen molar-refractivity contribution < 1.29 is 8.94 Å². The van der Waals surface area contributed by atoms with E-state index in [1.165, 1.54) is 11.8 Å². The maximum Gasteiger partial charge on any atom is 0.277 e. The fourth-order valence-electron chi connectivity index (χ4n) is 2.85. The first-order valence-corrected chi connectivity index (χ1v) is 9.50. The van der Waals surface area contributed by atoms with Crippen molar-refractivity contribution in [3.63, 3.8) is 0 Å². The highest BCUT2D eigenvalue weighted by molar-refractivity contribution is 7.98. The van der Waals surface area contributed by atoms with Crippen LogP contribution in [0.1, 0.15) is 22.6 Å². The van der Waals surface area contributed by atoms with E-state index in [4.69, 9.17) is 8.94 Å². The highest BCUT2D eigenvalue weighted by atomic mass is 32.2. The SMILES string of the molecule is Cc1cc(C)cc(-c2nnc(SCc3nc(-c4ccccc4C)no3)o2)c1. The molecule has 0 aliphatic carbocycles. The summed E-state index contributed by atoms with van der Waals surface area (Å²) < 4.78 is 11.1. The van der Waals surface area contributed by atoms with E-state index in [2.05, 4.69) is 26.4 Å². The monoisotopic (exact) mass is 378 g/mol. The first-order chi connectivity index (χ1) is 13.1. The molecule has 0 saturated heterocycles. The Morgan fingerprint density at radius 3 is 2.52 bits per heavy atom. The molecule has 0 fully saturated rings. The van der Waals surface area contributed by atoms with Crippen LogP contribution in [0.5, 0.6) is 0 Å². The molecule has 0 N–H and O–H groups in total. The third-order valence-electron chi connectivity index (χ3n) is 4.05. The van der Waals surface area contributed by atoms with Gasteiger partial charge in [-0.3, -0.25) is 0 Å². The van der Waals surface area contributed by atoms with Gasteiger partial charge in [0, 0.05) is 11.1 Å². The second-order valence-corrected chi connectivity index (χ2v) is 7.29. The molecule has 136 valence electrons. The Morgan fingerprint density at radius 1 is 0.963 bits per heavy atom. The summed E-state index contributed by atoms with van der Waals surface area (Å²) in [5.41, 5.74) is 5.31. The number of aromatic nitrogens is 4. The Balaban J connectivity index is 1.46. The molecular formula is C20H18N4O2S. The summed E-state index contributed by atoms with van der Waals surface area (Å²) in [5, 5.41) is 12.8. The molecule has 2 aromatic carbocycles. The number of benzene rings is 2. The summed E-state index contributed by atoms with van der Waals surface area (Å²) in [4.78, 5) is 4.46. The molecule has 6 nitrogen and oxygen atoms in total. The summed E-state index contributed by atoms with van der Waals surface area (Å²) >= 11 is 1.37. The number of thioether (sulfide) groups is 1. The average molecular weight is 378 g/mol. The molecule has 0 aliphatic rings. The standard InChI is InChI=1S/C20H18N4O2S/c1-12-8-13(2)10-15(9-12)19-22-23-20(25-19)27-11-17-21-18(24-26-17)16-7-5-4-6-14(16)3/h4-10H,11H2,1-3H3. The van der Waals surface area contributed by atoms with Gasteiger partial charge in [-0.25, -0.2) is 0 Å². The van der Waals surface area contributed by atoms with Crippen LogP contribution in [0.2, 0.25) is 0 Å². The minimum absolute atomic E-state index is 0.466. The topological polar surface area (TPSA) is 77.8 Å². The molecule has 0 radical (unpaired) electrons. The summed E-state index contributed by atoms with van der Waals surface area (Å²) in [6.07, 6.45) is 0. The van der Waals surface area contributed by atoms with Crippen LogP contribution in [0.25, 0.3) is 22.8 Å². The van der Waals surface area contributed by atoms with Crippen molar-refractivity contribution in [1.82, 2.24) is 20.3 Å². The maximum absolute atomic E-state index is 5.76. The van der Waals surface area contributed by atoms with Gasteiger partial charge < -0.3 is 8.94 Å². The molecule has 4 aromatic rings. The van der Waals surface area contributed by atoms with Crippen LogP contribution in [-0.4, -0.2) is 20.3 Å². The van der Waals surface area contributed by atoms with E-state index in [1.54, 1.807) is 0 Å². The minimum atomic E-state index is 0.466. The largest absolute Gasteiger partial charge is 0.411 e. The van der Waals surface area contributed by atoms with Crippen LogP contribution in [0, 0.1) is 20.8 Å². The van der Waals surface area contributed by atoms with E-state index >= 15 is 0 Å². The van der Waals surface area contributed by atoms with Gasteiger partial charge in [0.05, 0.1) is 5.75 Å². The van der Waals surface area contributed by atoms with Crippen LogP contribution in [0.4, 0.5) is 0 Å². The van der Waals surface area contributed by atoms with Gasteiger partial charge in [0.2, 0.25) is 17.6 Å². The van der Waals surface area contributed by atoms with Crippen LogP contribution in [0.3, 0.4) is 0 Å². The minimum Gasteiger partial charge on any atom is -0.411 e. The van der Waals surface area contributed by atoms with Crippen molar-refractivity contribution >= 4 is 11.8 Å². The van der Waals surface area contributed by atoms with Gasteiger partial charge in [-0.1, -0.05) is 58.4 Å². The van der Waals surface area contributed by atoms with Crippen LogP contribution in [0.15, 0.2) is 56.6 Å². The number of hydrogen-bond acceptors (Lipinski definition) is 7. The normalized spacial score (nSPS) is 11.1. The Bertz CT molecular complexity index is 1070. The number of nitrogens with zero attached hydrogens (tertiary/aromatic N) is 4. The molecule has 27 heavy (non-hydrogen) atoms. The molecule has 0 atom stereocenters. The highest BCUT2D eigenvalue weighted by Gasteiger charge is 2.14. The molecule has 0 spiro atoms. The lowest BCUT2D eigenvalue weighted by Gasteiger charge is -1.99. The summed E-state index contributed by atoms with van der Waals surface area (Å²) in [7, 11) is 0. The molecule has 0 unspecified atom stereocenters. The van der Waals surface area contributed by atoms with Crippen LogP contribution >= 0.6 is 11.8 Å². The van der Waals surface area contributed by atoms with Crippen LogP contribution < -0.4 is 0 Å². The van der Waals surface area contributed by atoms with Crippen molar-refractivity contribution in [2.24, 2.45) is 0 Å². The molecule has 7 heteroatoms. The van der Waals surface area contributed by atoms with E-state index in [-0.39, 0.29) is 0 Å². The molecule has 2 heterocycles. The maximum atomic E-state index is 5.76. The van der Waals surface area contributed by atoms with E-state index in [1.807, 2.05) is 57.2 Å². The van der Waals surface area contributed by atoms with Gasteiger partial charge in [0.1, 0.15) is 0 Å². The molecule has 0 amide bonds. The summed E-state index contributed by atoms with van der Waals surface area (Å²) in [5.74, 6) is 2.08. The zero-order valence-electron chi connectivity index (χ0n) is 15.3. The lowest BCUT2D eigenvalue weighted by molar-refractivity contribution is 0.391. The van der Waals surface area contributed by atoms with Crippen molar-refractivity contribution in [3.05, 3.63) is 65.0 Å². The Hall–Kier alpha value is -2.93. The van der Waals surface area contributed by atoms with Gasteiger partial charge in [-0.15, -0.1) is 10.2 Å². The Kier molecular flexibility index (Phi) is 4.77. The summed E-state index contributed by atoms with van der Waals surface area (Å²) in [6, 6.07) is 14.1. The third kappa shape index (κ3) is 3.93. The van der Waals surface area contributed by atoms with Crippen molar-refractivity contribution in [3.8, 4) is 22.8 Å². The van der Waals surface area contributed by atoms with Crippen molar-refractivity contribution in [2.75, 3.05) is 0 Å². The second kappa shape index (κ2) is 7.36.